The van der Waals surface area contributed by atoms with Gasteiger partial charge >= 0.3 is 0 Å². The average molecular weight is 323 g/mol. The van der Waals surface area contributed by atoms with Gasteiger partial charge in [0.05, 0.1) is 0 Å². The number of hydrogen-bond donors (Lipinski definition) is 1. The fraction of sp³-hybridized carbons (Fsp3) is 0.267. The van der Waals surface area contributed by atoms with Gasteiger partial charge in [0.2, 0.25) is 0 Å². The fourth-order valence-corrected chi connectivity index (χ4v) is 2.93. The minimum Gasteiger partial charge on any atom is -0.399 e. The molecule has 0 aliphatic carbocycles. The molecule has 21 heavy (non-hydrogen) atoms. The van der Waals surface area contributed by atoms with Crippen molar-refractivity contribution in [1.82, 2.24) is 4.98 Å². The first-order valence-electron chi connectivity index (χ1n) is 6.80. The van der Waals surface area contributed by atoms with Crippen molar-refractivity contribution in [3.63, 3.8) is 0 Å². The summed E-state index contributed by atoms with van der Waals surface area (Å²) in [7, 11) is 0. The van der Waals surface area contributed by atoms with E-state index in [2.05, 4.69) is 20.9 Å². The van der Waals surface area contributed by atoms with Crippen LogP contribution in [0.25, 0.3) is 0 Å². The molecular formula is C15H16Cl2N4. The van der Waals surface area contributed by atoms with Crippen LogP contribution >= 0.6 is 23.2 Å². The highest BCUT2D eigenvalue weighted by Gasteiger charge is 2.19. The van der Waals surface area contributed by atoms with E-state index in [1.165, 1.54) is 0 Å². The van der Waals surface area contributed by atoms with Crippen LogP contribution in [0.3, 0.4) is 0 Å². The van der Waals surface area contributed by atoms with Crippen LogP contribution in [0.1, 0.15) is 0 Å². The first kappa shape index (κ1) is 14.3. The number of rotatable bonds is 2. The first-order valence-corrected chi connectivity index (χ1v) is 7.56. The average Bonchev–Trinajstić information content (AvgIpc) is 2.46. The minimum atomic E-state index is 0.433. The number of hydrogen-bond acceptors (Lipinski definition) is 4. The number of aromatic nitrogens is 1. The second kappa shape index (κ2) is 6.00. The van der Waals surface area contributed by atoms with Crippen molar-refractivity contribution < 1.29 is 0 Å². The number of piperazine rings is 1. The molecule has 2 aromatic rings. The number of benzene rings is 1. The summed E-state index contributed by atoms with van der Waals surface area (Å²) in [6.07, 6.45) is 0. The summed E-state index contributed by atoms with van der Waals surface area (Å²) in [5, 5.41) is 1.20. The van der Waals surface area contributed by atoms with Crippen LogP contribution in [0, 0.1) is 0 Å². The van der Waals surface area contributed by atoms with E-state index < -0.39 is 0 Å². The number of halogens is 2. The molecule has 0 bridgehead atoms. The quantitative estimate of drug-likeness (QED) is 0.862. The summed E-state index contributed by atoms with van der Waals surface area (Å²) >= 11 is 12.0. The van der Waals surface area contributed by atoms with E-state index in [1.54, 1.807) is 6.07 Å². The number of nitrogen functional groups attached to an aromatic ring is 1. The minimum absolute atomic E-state index is 0.433. The van der Waals surface area contributed by atoms with E-state index in [1.807, 2.05) is 24.3 Å². The van der Waals surface area contributed by atoms with Crippen molar-refractivity contribution >= 4 is 40.4 Å². The molecule has 0 radical (unpaired) electrons. The molecule has 1 aromatic carbocycles. The molecule has 2 N–H and O–H groups in total. The van der Waals surface area contributed by atoms with E-state index in [0.29, 0.717) is 10.8 Å². The molecule has 0 spiro atoms. The van der Waals surface area contributed by atoms with Gasteiger partial charge in [-0.15, -0.1) is 0 Å². The largest absolute Gasteiger partial charge is 0.399 e. The van der Waals surface area contributed by atoms with Gasteiger partial charge in [0.25, 0.3) is 0 Å². The molecule has 0 saturated carbocycles. The van der Waals surface area contributed by atoms with Crippen LogP contribution in [0.2, 0.25) is 10.2 Å². The number of nitrogens with zero attached hydrogens (tertiary/aromatic N) is 3. The van der Waals surface area contributed by atoms with E-state index in [-0.39, 0.29) is 0 Å². The van der Waals surface area contributed by atoms with Gasteiger partial charge in [0, 0.05) is 48.6 Å². The van der Waals surface area contributed by atoms with Gasteiger partial charge < -0.3 is 15.5 Å². The molecule has 1 aliphatic rings. The third-order valence-electron chi connectivity index (χ3n) is 3.58. The van der Waals surface area contributed by atoms with E-state index in [0.717, 1.165) is 42.7 Å². The molecule has 3 rings (SSSR count). The highest BCUT2D eigenvalue weighted by Crippen LogP contribution is 2.24. The molecule has 2 heterocycles. The molecule has 0 unspecified atom stereocenters. The van der Waals surface area contributed by atoms with Gasteiger partial charge in [0.1, 0.15) is 11.0 Å². The molecule has 1 aromatic heterocycles. The lowest BCUT2D eigenvalue weighted by molar-refractivity contribution is 0.648. The van der Waals surface area contributed by atoms with Gasteiger partial charge in [0.15, 0.2) is 0 Å². The summed E-state index contributed by atoms with van der Waals surface area (Å²) in [6.45, 7) is 3.57. The number of anilines is 3. The van der Waals surface area contributed by atoms with Crippen molar-refractivity contribution in [2.45, 2.75) is 0 Å². The highest BCUT2D eigenvalue weighted by atomic mass is 35.5. The van der Waals surface area contributed by atoms with Crippen LogP contribution in [-0.2, 0) is 0 Å². The molecule has 110 valence electrons. The van der Waals surface area contributed by atoms with Gasteiger partial charge in [-0.3, -0.25) is 0 Å². The van der Waals surface area contributed by atoms with Crippen LogP contribution in [0.5, 0.6) is 0 Å². The van der Waals surface area contributed by atoms with Crippen molar-refractivity contribution in [2.75, 3.05) is 41.7 Å². The Morgan fingerprint density at radius 3 is 2.33 bits per heavy atom. The summed E-state index contributed by atoms with van der Waals surface area (Å²) in [6, 6.07) is 11.5. The zero-order valence-corrected chi connectivity index (χ0v) is 13.0. The molecular weight excluding hydrogens is 307 g/mol. The Morgan fingerprint density at radius 2 is 1.67 bits per heavy atom. The summed E-state index contributed by atoms with van der Waals surface area (Å²) in [5.74, 6) is 0.839. The van der Waals surface area contributed by atoms with Gasteiger partial charge in [-0.25, -0.2) is 4.98 Å². The molecule has 1 fully saturated rings. The summed E-state index contributed by atoms with van der Waals surface area (Å²) in [4.78, 5) is 8.85. The Balaban J connectivity index is 1.70. The molecule has 0 amide bonds. The maximum absolute atomic E-state index is 6.05. The second-order valence-electron chi connectivity index (χ2n) is 5.04. The molecule has 1 saturated heterocycles. The molecule has 6 heteroatoms. The maximum Gasteiger partial charge on any atom is 0.133 e. The zero-order chi connectivity index (χ0) is 14.8. The van der Waals surface area contributed by atoms with Crippen molar-refractivity contribution in [3.05, 3.63) is 46.6 Å². The predicted molar refractivity (Wildman–Crippen MR) is 89.5 cm³/mol. The lowest BCUT2D eigenvalue weighted by Crippen LogP contribution is -2.46. The Bertz CT molecular complexity index is 619. The topological polar surface area (TPSA) is 45.4 Å². The van der Waals surface area contributed by atoms with Crippen LogP contribution in [-0.4, -0.2) is 31.2 Å². The van der Waals surface area contributed by atoms with Gasteiger partial charge in [-0.1, -0.05) is 29.3 Å². The first-order chi connectivity index (χ1) is 10.1. The predicted octanol–water partition coefficient (Wildman–Crippen LogP) is 3.30. The van der Waals surface area contributed by atoms with Crippen LogP contribution < -0.4 is 15.5 Å². The fourth-order valence-electron chi connectivity index (χ4n) is 2.53. The van der Waals surface area contributed by atoms with Crippen molar-refractivity contribution in [3.8, 4) is 0 Å². The molecule has 1 aliphatic heterocycles. The lowest BCUT2D eigenvalue weighted by Gasteiger charge is -2.36. The van der Waals surface area contributed by atoms with Gasteiger partial charge in [-0.2, -0.15) is 0 Å². The Labute approximate surface area is 134 Å². The van der Waals surface area contributed by atoms with Gasteiger partial charge in [-0.05, 0) is 24.3 Å². The number of nitrogens with two attached hydrogens (primary N) is 1. The maximum atomic E-state index is 6.05. The van der Waals surface area contributed by atoms with E-state index in [4.69, 9.17) is 28.9 Å². The van der Waals surface area contributed by atoms with E-state index in [9.17, 15) is 0 Å². The monoisotopic (exact) mass is 322 g/mol. The Hall–Kier alpha value is -1.65. The van der Waals surface area contributed by atoms with Crippen LogP contribution in [0.4, 0.5) is 17.2 Å². The standard InChI is InChI=1S/C15H16Cl2N4/c16-11-2-1-3-13(8-11)20-4-6-21(7-5-20)15-10-12(18)9-14(17)19-15/h1-3,8-10H,4-7H2,(H2,18,19). The molecule has 0 atom stereocenters. The third kappa shape index (κ3) is 3.34. The normalized spacial score (nSPS) is 15.3. The molecule has 4 nitrogen and oxygen atoms in total. The third-order valence-corrected chi connectivity index (χ3v) is 4.01. The number of pyridine rings is 1. The Morgan fingerprint density at radius 1 is 0.952 bits per heavy atom. The zero-order valence-electron chi connectivity index (χ0n) is 11.5. The SMILES string of the molecule is Nc1cc(Cl)nc(N2CCN(c3cccc(Cl)c3)CC2)c1. The van der Waals surface area contributed by atoms with E-state index >= 15 is 0 Å². The summed E-state index contributed by atoms with van der Waals surface area (Å²) in [5.41, 5.74) is 7.62. The Kier molecular flexibility index (Phi) is 4.08. The smallest absolute Gasteiger partial charge is 0.133 e. The van der Waals surface area contributed by atoms with Crippen molar-refractivity contribution in [1.29, 1.82) is 0 Å². The summed E-state index contributed by atoms with van der Waals surface area (Å²) < 4.78 is 0. The van der Waals surface area contributed by atoms with Crippen molar-refractivity contribution in [2.24, 2.45) is 0 Å². The second-order valence-corrected chi connectivity index (χ2v) is 5.86. The highest BCUT2D eigenvalue weighted by molar-refractivity contribution is 6.30. The lowest BCUT2D eigenvalue weighted by atomic mass is 10.2. The van der Waals surface area contributed by atoms with Crippen LogP contribution in [0.15, 0.2) is 36.4 Å².